The monoisotopic (exact) mass is 264 g/mol. The number of Topliss-reactive ketones (excluding diaryl/α,β-unsaturated/α-hetero) is 1. The van der Waals surface area contributed by atoms with E-state index in [-0.39, 0.29) is 17.4 Å². The van der Waals surface area contributed by atoms with Gasteiger partial charge in [0.25, 0.3) is 0 Å². The lowest BCUT2D eigenvalue weighted by molar-refractivity contribution is 0.0923. The summed E-state index contributed by atoms with van der Waals surface area (Å²) in [7, 11) is 1.56. The third-order valence-corrected chi connectivity index (χ3v) is 2.85. The summed E-state index contributed by atoms with van der Waals surface area (Å²) in [4.78, 5) is 12.4. The zero-order valence-corrected chi connectivity index (χ0v) is 12.4. The lowest BCUT2D eigenvalue weighted by Crippen LogP contribution is -2.47. The Morgan fingerprint density at radius 1 is 1.42 bits per heavy atom. The summed E-state index contributed by atoms with van der Waals surface area (Å²) >= 11 is 0. The topological polar surface area (TPSA) is 64.3 Å². The van der Waals surface area contributed by atoms with Crippen molar-refractivity contribution in [3.63, 3.8) is 0 Å². The van der Waals surface area contributed by atoms with Crippen LogP contribution in [0.25, 0.3) is 0 Å². The second-order valence-electron chi connectivity index (χ2n) is 5.68. The summed E-state index contributed by atoms with van der Waals surface area (Å²) in [5.41, 5.74) is 6.84. The molecule has 4 heteroatoms. The van der Waals surface area contributed by atoms with Gasteiger partial charge in [-0.05, 0) is 45.4 Å². The van der Waals surface area contributed by atoms with Gasteiger partial charge in [0.1, 0.15) is 5.75 Å². The number of benzene rings is 1. The van der Waals surface area contributed by atoms with Crippen LogP contribution in [0.1, 0.15) is 44.5 Å². The summed E-state index contributed by atoms with van der Waals surface area (Å²) in [6, 6.07) is 4.96. The first-order valence-electron chi connectivity index (χ1n) is 6.54. The van der Waals surface area contributed by atoms with E-state index in [0.717, 1.165) is 6.42 Å². The maximum atomic E-state index is 12.4. The number of carbonyl (C=O) groups is 1. The van der Waals surface area contributed by atoms with E-state index in [9.17, 15) is 4.79 Å². The molecule has 0 amide bonds. The summed E-state index contributed by atoms with van der Waals surface area (Å²) in [5.74, 6) is 0.653. The van der Waals surface area contributed by atoms with Crippen molar-refractivity contribution in [3.8, 4) is 5.75 Å². The zero-order chi connectivity index (χ0) is 14.6. The molecule has 0 aliphatic heterocycles. The molecule has 106 valence electrons. The molecule has 4 nitrogen and oxygen atoms in total. The van der Waals surface area contributed by atoms with Crippen LogP contribution in [0.4, 0.5) is 5.69 Å². The standard InChI is InChI=1S/C15H24N2O2/c1-6-12(17-15(2,3)4)14(18)10-7-8-13(19-5)11(16)9-10/h7-9,12,17H,6,16H2,1-5H3. The number of nitrogens with two attached hydrogens (primary N) is 1. The van der Waals surface area contributed by atoms with Crippen molar-refractivity contribution >= 4 is 11.5 Å². The van der Waals surface area contributed by atoms with Crippen molar-refractivity contribution in [3.05, 3.63) is 23.8 Å². The lowest BCUT2D eigenvalue weighted by Gasteiger charge is -2.27. The van der Waals surface area contributed by atoms with Crippen LogP contribution in [0.3, 0.4) is 0 Å². The Bertz CT molecular complexity index is 450. The second-order valence-corrected chi connectivity index (χ2v) is 5.68. The average Bonchev–Trinajstić information content (AvgIpc) is 2.34. The molecule has 1 rings (SSSR count). The van der Waals surface area contributed by atoms with Crippen LogP contribution in [0.5, 0.6) is 5.75 Å². The Hall–Kier alpha value is -1.55. The van der Waals surface area contributed by atoms with Crippen molar-refractivity contribution in [2.24, 2.45) is 0 Å². The Kier molecular flexibility index (Phi) is 4.95. The van der Waals surface area contributed by atoms with Crippen LogP contribution in [0, 0.1) is 0 Å². The van der Waals surface area contributed by atoms with E-state index in [4.69, 9.17) is 10.5 Å². The van der Waals surface area contributed by atoms with Gasteiger partial charge in [-0.25, -0.2) is 0 Å². The average molecular weight is 264 g/mol. The minimum atomic E-state index is -0.201. The number of carbonyl (C=O) groups excluding carboxylic acids is 1. The van der Waals surface area contributed by atoms with Gasteiger partial charge >= 0.3 is 0 Å². The van der Waals surface area contributed by atoms with E-state index in [1.165, 1.54) is 0 Å². The Labute approximate surface area is 115 Å². The van der Waals surface area contributed by atoms with E-state index >= 15 is 0 Å². The number of rotatable bonds is 5. The predicted octanol–water partition coefficient (Wildman–Crippen LogP) is 2.63. The molecule has 1 atom stereocenters. The maximum absolute atomic E-state index is 12.4. The summed E-state index contributed by atoms with van der Waals surface area (Å²) in [6.45, 7) is 8.14. The SMILES string of the molecule is CCC(NC(C)(C)C)C(=O)c1ccc(OC)c(N)c1. The Morgan fingerprint density at radius 3 is 2.47 bits per heavy atom. The largest absolute Gasteiger partial charge is 0.495 e. The van der Waals surface area contributed by atoms with Gasteiger partial charge < -0.3 is 15.8 Å². The molecule has 0 saturated heterocycles. The molecular weight excluding hydrogens is 240 g/mol. The molecule has 0 spiro atoms. The number of hydrogen-bond donors (Lipinski definition) is 2. The molecule has 0 bridgehead atoms. The third-order valence-electron chi connectivity index (χ3n) is 2.85. The molecular formula is C15H24N2O2. The number of ketones is 1. The quantitative estimate of drug-likeness (QED) is 0.634. The molecule has 1 unspecified atom stereocenters. The van der Waals surface area contributed by atoms with Gasteiger partial charge in [-0.15, -0.1) is 0 Å². The van der Waals surface area contributed by atoms with E-state index in [1.54, 1.807) is 25.3 Å². The summed E-state index contributed by atoms with van der Waals surface area (Å²) in [5, 5.41) is 3.33. The van der Waals surface area contributed by atoms with E-state index in [0.29, 0.717) is 17.0 Å². The Balaban J connectivity index is 2.95. The summed E-state index contributed by atoms with van der Waals surface area (Å²) in [6.07, 6.45) is 0.738. The number of ether oxygens (including phenoxy) is 1. The van der Waals surface area contributed by atoms with Gasteiger partial charge in [0.05, 0.1) is 18.8 Å². The molecule has 0 aromatic heterocycles. The van der Waals surface area contributed by atoms with Gasteiger partial charge in [-0.2, -0.15) is 0 Å². The molecule has 0 fully saturated rings. The molecule has 1 aromatic carbocycles. The highest BCUT2D eigenvalue weighted by Crippen LogP contribution is 2.23. The zero-order valence-electron chi connectivity index (χ0n) is 12.4. The summed E-state index contributed by atoms with van der Waals surface area (Å²) < 4.78 is 5.10. The highest BCUT2D eigenvalue weighted by atomic mass is 16.5. The van der Waals surface area contributed by atoms with Crippen LogP contribution in [0.2, 0.25) is 0 Å². The normalized spacial score (nSPS) is 13.1. The fourth-order valence-electron chi connectivity index (χ4n) is 1.96. The van der Waals surface area contributed by atoms with Crippen molar-refractivity contribution in [1.29, 1.82) is 0 Å². The van der Waals surface area contributed by atoms with E-state index < -0.39 is 0 Å². The molecule has 0 radical (unpaired) electrons. The third kappa shape index (κ3) is 4.24. The number of methoxy groups -OCH3 is 1. The van der Waals surface area contributed by atoms with Gasteiger partial charge in [-0.3, -0.25) is 4.79 Å². The number of nitrogens with one attached hydrogen (secondary N) is 1. The van der Waals surface area contributed by atoms with Crippen LogP contribution in [0.15, 0.2) is 18.2 Å². The first-order valence-corrected chi connectivity index (χ1v) is 6.54. The van der Waals surface area contributed by atoms with Gasteiger partial charge in [0, 0.05) is 11.1 Å². The smallest absolute Gasteiger partial charge is 0.179 e. The lowest BCUT2D eigenvalue weighted by atomic mass is 9.98. The maximum Gasteiger partial charge on any atom is 0.179 e. The molecule has 0 heterocycles. The fraction of sp³-hybridized carbons (Fsp3) is 0.533. The molecule has 19 heavy (non-hydrogen) atoms. The Morgan fingerprint density at radius 2 is 2.05 bits per heavy atom. The van der Waals surface area contributed by atoms with Gasteiger partial charge in [-0.1, -0.05) is 6.92 Å². The number of hydrogen-bond acceptors (Lipinski definition) is 4. The molecule has 0 aliphatic rings. The number of nitrogen functional groups attached to an aromatic ring is 1. The van der Waals surface area contributed by atoms with Crippen LogP contribution >= 0.6 is 0 Å². The molecule has 1 aromatic rings. The van der Waals surface area contributed by atoms with E-state index in [2.05, 4.69) is 5.32 Å². The fourth-order valence-corrected chi connectivity index (χ4v) is 1.96. The van der Waals surface area contributed by atoms with Crippen molar-refractivity contribution in [1.82, 2.24) is 5.32 Å². The van der Waals surface area contributed by atoms with Crippen molar-refractivity contribution in [2.75, 3.05) is 12.8 Å². The van der Waals surface area contributed by atoms with Crippen LogP contribution in [-0.4, -0.2) is 24.5 Å². The van der Waals surface area contributed by atoms with Crippen LogP contribution < -0.4 is 15.8 Å². The second kappa shape index (κ2) is 6.06. The van der Waals surface area contributed by atoms with E-state index in [1.807, 2.05) is 27.7 Å². The first-order chi connectivity index (χ1) is 8.78. The first kappa shape index (κ1) is 15.5. The minimum absolute atomic E-state index is 0.0618. The van der Waals surface area contributed by atoms with Gasteiger partial charge in [0.15, 0.2) is 5.78 Å². The van der Waals surface area contributed by atoms with Crippen molar-refractivity contribution < 1.29 is 9.53 Å². The minimum Gasteiger partial charge on any atom is -0.495 e. The van der Waals surface area contributed by atoms with Crippen LogP contribution in [-0.2, 0) is 0 Å². The molecule has 0 aliphatic carbocycles. The molecule has 0 saturated carbocycles. The van der Waals surface area contributed by atoms with Crippen molar-refractivity contribution in [2.45, 2.75) is 45.7 Å². The molecule has 3 N–H and O–H groups in total. The predicted molar refractivity (Wildman–Crippen MR) is 78.7 cm³/mol. The van der Waals surface area contributed by atoms with Gasteiger partial charge in [0.2, 0.25) is 0 Å². The highest BCUT2D eigenvalue weighted by Gasteiger charge is 2.23. The number of anilines is 1. The highest BCUT2D eigenvalue weighted by molar-refractivity contribution is 6.01.